The molecule has 1 aliphatic carbocycles. The van der Waals surface area contributed by atoms with Crippen molar-refractivity contribution >= 4 is 28.5 Å². The molecule has 1 atom stereocenters. The van der Waals surface area contributed by atoms with Gasteiger partial charge in [0.05, 0.1) is 5.25 Å². The van der Waals surface area contributed by atoms with Crippen LogP contribution in [0.25, 0.3) is 0 Å². The minimum atomic E-state index is -0.0458. The zero-order chi connectivity index (χ0) is 14.0. The van der Waals surface area contributed by atoms with Crippen molar-refractivity contribution in [3.63, 3.8) is 0 Å². The molecule has 1 aliphatic heterocycles. The van der Waals surface area contributed by atoms with Gasteiger partial charge in [-0.2, -0.15) is 5.10 Å². The quantitative estimate of drug-likeness (QED) is 0.750. The van der Waals surface area contributed by atoms with E-state index in [1.54, 1.807) is 0 Å². The van der Waals surface area contributed by atoms with Crippen LogP contribution in [0.15, 0.2) is 10.2 Å². The van der Waals surface area contributed by atoms with Gasteiger partial charge in [-0.3, -0.25) is 4.79 Å². The van der Waals surface area contributed by atoms with Crippen LogP contribution in [0.3, 0.4) is 0 Å². The smallest absolute Gasteiger partial charge is 0.239 e. The molecule has 1 amide bonds. The standard InChI is InChI=1S/C14H23N3OS/c1-9-12(18)15-13(19-9)17-16-11-7-5-10(6-8-11)14(2,3)4/h9-10H,5-8H2,1-4H3,(H,15,17,18)/t9-,10?/m0/s1. The van der Waals surface area contributed by atoms with Gasteiger partial charge in [0.1, 0.15) is 0 Å². The molecule has 2 fully saturated rings. The molecule has 0 radical (unpaired) electrons. The van der Waals surface area contributed by atoms with Crippen LogP contribution in [0, 0.1) is 11.3 Å². The Morgan fingerprint density at radius 2 is 1.84 bits per heavy atom. The Balaban J connectivity index is 1.90. The molecule has 4 nitrogen and oxygen atoms in total. The Morgan fingerprint density at radius 1 is 1.21 bits per heavy atom. The summed E-state index contributed by atoms with van der Waals surface area (Å²) in [6, 6.07) is 0. The summed E-state index contributed by atoms with van der Waals surface area (Å²) >= 11 is 1.45. The zero-order valence-electron chi connectivity index (χ0n) is 12.2. The highest BCUT2D eigenvalue weighted by Crippen LogP contribution is 2.36. The summed E-state index contributed by atoms with van der Waals surface area (Å²) in [7, 11) is 0. The van der Waals surface area contributed by atoms with Crippen LogP contribution < -0.4 is 5.32 Å². The molecule has 2 aliphatic rings. The van der Waals surface area contributed by atoms with Gasteiger partial charge in [0.25, 0.3) is 0 Å². The van der Waals surface area contributed by atoms with E-state index in [1.165, 1.54) is 30.3 Å². The van der Waals surface area contributed by atoms with Crippen molar-refractivity contribution in [3.8, 4) is 0 Å². The first-order valence-electron chi connectivity index (χ1n) is 6.97. The van der Waals surface area contributed by atoms with E-state index in [1.807, 2.05) is 6.92 Å². The molecule has 0 bridgehead atoms. The predicted molar refractivity (Wildman–Crippen MR) is 81.5 cm³/mol. The number of rotatable bonds is 1. The molecular formula is C14H23N3OS. The van der Waals surface area contributed by atoms with Gasteiger partial charge in [0, 0.05) is 5.71 Å². The van der Waals surface area contributed by atoms with Gasteiger partial charge >= 0.3 is 0 Å². The lowest BCUT2D eigenvalue weighted by Crippen LogP contribution is -2.26. The number of thioether (sulfide) groups is 1. The Labute approximate surface area is 119 Å². The molecule has 19 heavy (non-hydrogen) atoms. The molecule has 1 saturated heterocycles. The molecule has 2 rings (SSSR count). The lowest BCUT2D eigenvalue weighted by atomic mass is 9.72. The van der Waals surface area contributed by atoms with Gasteiger partial charge in [-0.15, -0.1) is 5.10 Å². The summed E-state index contributed by atoms with van der Waals surface area (Å²) in [5, 5.41) is 11.8. The molecule has 0 aromatic carbocycles. The number of hydrogen-bond donors (Lipinski definition) is 1. The number of carbonyl (C=O) groups is 1. The van der Waals surface area contributed by atoms with Crippen LogP contribution in [-0.2, 0) is 4.79 Å². The van der Waals surface area contributed by atoms with Crippen LogP contribution in [0.2, 0.25) is 0 Å². The number of nitrogens with one attached hydrogen (secondary N) is 1. The van der Waals surface area contributed by atoms with Crippen molar-refractivity contribution in [1.29, 1.82) is 0 Å². The molecule has 106 valence electrons. The minimum absolute atomic E-state index is 0.0281. The van der Waals surface area contributed by atoms with E-state index in [0.717, 1.165) is 18.8 Å². The van der Waals surface area contributed by atoms with E-state index in [-0.39, 0.29) is 11.2 Å². The summed E-state index contributed by atoms with van der Waals surface area (Å²) in [6.45, 7) is 8.81. The number of nitrogens with zero attached hydrogens (tertiary/aromatic N) is 2. The third-order valence-electron chi connectivity index (χ3n) is 3.96. The fourth-order valence-electron chi connectivity index (χ4n) is 2.54. The van der Waals surface area contributed by atoms with Crippen LogP contribution >= 0.6 is 11.8 Å². The lowest BCUT2D eigenvalue weighted by Gasteiger charge is -2.34. The van der Waals surface area contributed by atoms with Gasteiger partial charge in [-0.25, -0.2) is 0 Å². The second-order valence-corrected chi connectivity index (χ2v) is 7.79. The Morgan fingerprint density at radius 3 is 2.32 bits per heavy atom. The van der Waals surface area contributed by atoms with E-state index >= 15 is 0 Å². The molecule has 0 unspecified atom stereocenters. The zero-order valence-corrected chi connectivity index (χ0v) is 13.0. The van der Waals surface area contributed by atoms with E-state index < -0.39 is 0 Å². The van der Waals surface area contributed by atoms with E-state index in [0.29, 0.717) is 10.6 Å². The topological polar surface area (TPSA) is 53.8 Å². The van der Waals surface area contributed by atoms with Crippen molar-refractivity contribution in [2.24, 2.45) is 21.5 Å². The van der Waals surface area contributed by atoms with Crippen LogP contribution in [0.5, 0.6) is 0 Å². The third kappa shape index (κ3) is 3.81. The van der Waals surface area contributed by atoms with Crippen molar-refractivity contribution in [1.82, 2.24) is 5.32 Å². The normalized spacial score (nSPS) is 30.6. The highest BCUT2D eigenvalue weighted by atomic mass is 32.2. The average Bonchev–Trinajstić information content (AvgIpc) is 2.66. The maximum atomic E-state index is 11.3. The van der Waals surface area contributed by atoms with Crippen molar-refractivity contribution < 1.29 is 4.79 Å². The van der Waals surface area contributed by atoms with Crippen LogP contribution in [0.1, 0.15) is 53.4 Å². The molecule has 1 saturated carbocycles. The van der Waals surface area contributed by atoms with Crippen LogP contribution in [0.4, 0.5) is 0 Å². The maximum absolute atomic E-state index is 11.3. The first-order chi connectivity index (χ1) is 8.86. The van der Waals surface area contributed by atoms with E-state index in [4.69, 9.17) is 0 Å². The number of amidine groups is 1. The highest BCUT2D eigenvalue weighted by Gasteiger charge is 2.28. The highest BCUT2D eigenvalue weighted by molar-refractivity contribution is 8.15. The first kappa shape index (κ1) is 14.6. The second kappa shape index (κ2) is 5.65. The summed E-state index contributed by atoms with van der Waals surface area (Å²) in [4.78, 5) is 11.3. The summed E-state index contributed by atoms with van der Waals surface area (Å²) in [6.07, 6.45) is 4.46. The number of carbonyl (C=O) groups excluding carboxylic acids is 1. The Kier molecular flexibility index (Phi) is 4.33. The van der Waals surface area contributed by atoms with E-state index in [9.17, 15) is 4.79 Å². The predicted octanol–water partition coefficient (Wildman–Crippen LogP) is 3.19. The maximum Gasteiger partial charge on any atom is 0.239 e. The van der Waals surface area contributed by atoms with Crippen molar-refractivity contribution in [3.05, 3.63) is 0 Å². The molecular weight excluding hydrogens is 258 g/mol. The summed E-state index contributed by atoms with van der Waals surface area (Å²) in [5.41, 5.74) is 1.56. The van der Waals surface area contributed by atoms with Gasteiger partial charge in [0.2, 0.25) is 5.91 Å². The van der Waals surface area contributed by atoms with Crippen molar-refractivity contribution in [2.75, 3.05) is 0 Å². The van der Waals surface area contributed by atoms with Gasteiger partial charge in [0.15, 0.2) is 5.17 Å². The molecule has 0 spiro atoms. The molecule has 1 N–H and O–H groups in total. The van der Waals surface area contributed by atoms with Gasteiger partial charge in [-0.1, -0.05) is 32.5 Å². The molecule has 0 aromatic rings. The fourth-order valence-corrected chi connectivity index (χ4v) is 3.29. The third-order valence-corrected chi connectivity index (χ3v) is 4.93. The molecule has 5 heteroatoms. The van der Waals surface area contributed by atoms with Gasteiger partial charge < -0.3 is 5.32 Å². The lowest BCUT2D eigenvalue weighted by molar-refractivity contribution is -0.118. The fraction of sp³-hybridized carbons (Fsp3) is 0.786. The Hall–Kier alpha value is -0.840. The average molecular weight is 281 g/mol. The number of hydrogen-bond acceptors (Lipinski definition) is 4. The summed E-state index contributed by atoms with van der Waals surface area (Å²) < 4.78 is 0. The van der Waals surface area contributed by atoms with Crippen molar-refractivity contribution in [2.45, 2.75) is 58.6 Å². The molecule has 1 heterocycles. The SMILES string of the molecule is C[C@@H]1S/C(=N\N=C2CCC(C(C)(C)C)CC2)NC1=O. The largest absolute Gasteiger partial charge is 0.303 e. The monoisotopic (exact) mass is 281 g/mol. The minimum Gasteiger partial charge on any atom is -0.303 e. The number of amides is 1. The molecule has 0 aromatic heterocycles. The van der Waals surface area contributed by atoms with E-state index in [2.05, 4.69) is 36.3 Å². The van der Waals surface area contributed by atoms with Gasteiger partial charge in [-0.05, 0) is 43.9 Å². The van der Waals surface area contributed by atoms with Crippen LogP contribution in [-0.4, -0.2) is 22.0 Å². The Bertz CT molecular complexity index is 413. The summed E-state index contributed by atoms with van der Waals surface area (Å²) in [5.74, 6) is 0.806. The second-order valence-electron chi connectivity index (χ2n) is 6.46. The first-order valence-corrected chi connectivity index (χ1v) is 7.85.